The van der Waals surface area contributed by atoms with Crippen LogP contribution in [0.5, 0.6) is 5.75 Å². The van der Waals surface area contributed by atoms with Crippen molar-refractivity contribution in [2.45, 2.75) is 58.5 Å². The molecule has 2 aromatic rings. The molecular formula is C25H32N2O3. The van der Waals surface area contributed by atoms with E-state index in [1.165, 1.54) is 0 Å². The van der Waals surface area contributed by atoms with Crippen LogP contribution < -0.4 is 15.4 Å². The summed E-state index contributed by atoms with van der Waals surface area (Å²) in [7, 11) is 0. The minimum absolute atomic E-state index is 0.0232. The molecular weight excluding hydrogens is 376 g/mol. The Morgan fingerprint density at radius 3 is 2.33 bits per heavy atom. The first-order valence-corrected chi connectivity index (χ1v) is 10.6. The number of rotatable bonds is 5. The normalized spacial score (nSPS) is 16.9. The van der Waals surface area contributed by atoms with E-state index < -0.39 is 6.04 Å². The number of amides is 2. The van der Waals surface area contributed by atoms with Gasteiger partial charge in [-0.05, 0) is 35.1 Å². The van der Waals surface area contributed by atoms with E-state index in [0.29, 0.717) is 18.6 Å². The highest BCUT2D eigenvalue weighted by molar-refractivity contribution is 5.97. The first-order chi connectivity index (χ1) is 14.2. The van der Waals surface area contributed by atoms with Crippen molar-refractivity contribution in [2.75, 3.05) is 6.61 Å². The number of nitrogens with one attached hydrogen (secondary N) is 2. The van der Waals surface area contributed by atoms with Gasteiger partial charge in [-0.2, -0.15) is 0 Å². The molecule has 3 rings (SSSR count). The van der Waals surface area contributed by atoms with Gasteiger partial charge in [0.05, 0.1) is 12.6 Å². The molecule has 0 bridgehead atoms. The zero-order valence-electron chi connectivity index (χ0n) is 18.5. The summed E-state index contributed by atoms with van der Waals surface area (Å²) in [5, 5.41) is 6.03. The number of ether oxygens (including phenoxy) is 1. The highest BCUT2D eigenvalue weighted by Crippen LogP contribution is 2.31. The molecule has 2 atom stereocenters. The lowest BCUT2D eigenvalue weighted by Crippen LogP contribution is -2.50. The molecule has 1 aliphatic heterocycles. The van der Waals surface area contributed by atoms with Crippen LogP contribution in [0.2, 0.25) is 0 Å². The van der Waals surface area contributed by atoms with Crippen molar-refractivity contribution < 1.29 is 14.3 Å². The Morgan fingerprint density at radius 2 is 1.70 bits per heavy atom. The van der Waals surface area contributed by atoms with Crippen LogP contribution in [0, 0.1) is 5.92 Å². The zero-order valence-corrected chi connectivity index (χ0v) is 18.5. The molecule has 5 nitrogen and oxygen atoms in total. The summed E-state index contributed by atoms with van der Waals surface area (Å²) in [4.78, 5) is 25.9. The molecule has 1 heterocycles. The van der Waals surface area contributed by atoms with Gasteiger partial charge in [0.1, 0.15) is 11.8 Å². The topological polar surface area (TPSA) is 67.4 Å². The molecule has 160 valence electrons. The lowest BCUT2D eigenvalue weighted by molar-refractivity contribution is -0.124. The molecule has 0 aromatic heterocycles. The second-order valence-corrected chi connectivity index (χ2v) is 9.26. The fourth-order valence-corrected chi connectivity index (χ4v) is 3.63. The van der Waals surface area contributed by atoms with Gasteiger partial charge in [0.2, 0.25) is 5.91 Å². The van der Waals surface area contributed by atoms with Crippen LogP contribution in [0.3, 0.4) is 0 Å². The second kappa shape index (κ2) is 8.90. The van der Waals surface area contributed by atoms with E-state index >= 15 is 0 Å². The Morgan fingerprint density at radius 1 is 1.03 bits per heavy atom. The monoisotopic (exact) mass is 408 g/mol. The number of hydrogen-bond donors (Lipinski definition) is 2. The van der Waals surface area contributed by atoms with Crippen molar-refractivity contribution >= 4 is 11.8 Å². The Balaban J connectivity index is 1.70. The quantitative estimate of drug-likeness (QED) is 0.772. The average molecular weight is 409 g/mol. The first kappa shape index (κ1) is 21.9. The molecule has 2 amide bonds. The molecule has 0 saturated heterocycles. The Bertz CT molecular complexity index is 897. The molecule has 1 aliphatic rings. The average Bonchev–Trinajstić information content (AvgIpc) is 2.71. The predicted octanol–water partition coefficient (Wildman–Crippen LogP) is 4.38. The highest BCUT2D eigenvalue weighted by Gasteiger charge is 2.29. The molecule has 0 saturated carbocycles. The van der Waals surface area contributed by atoms with Gasteiger partial charge in [-0.1, -0.05) is 65.0 Å². The van der Waals surface area contributed by atoms with Gasteiger partial charge >= 0.3 is 0 Å². The Hall–Kier alpha value is -2.82. The van der Waals surface area contributed by atoms with E-state index in [1.807, 2.05) is 62.4 Å². The number of fused-ring (bicyclic) bond motifs is 1. The lowest BCUT2D eigenvalue weighted by Gasteiger charge is -2.29. The maximum absolute atomic E-state index is 13.0. The number of para-hydroxylation sites is 1. The fourth-order valence-electron chi connectivity index (χ4n) is 3.63. The minimum atomic E-state index is -0.616. The van der Waals surface area contributed by atoms with Crippen molar-refractivity contribution in [2.24, 2.45) is 5.92 Å². The summed E-state index contributed by atoms with van der Waals surface area (Å²) in [6.07, 6.45) is 0.704. The Labute approximate surface area is 179 Å². The third kappa shape index (κ3) is 5.02. The summed E-state index contributed by atoms with van der Waals surface area (Å²) in [5.41, 5.74) is 2.71. The third-order valence-electron chi connectivity index (χ3n) is 5.52. The van der Waals surface area contributed by atoms with Crippen molar-refractivity contribution in [3.8, 4) is 5.75 Å². The van der Waals surface area contributed by atoms with E-state index in [1.54, 1.807) is 0 Å². The van der Waals surface area contributed by atoms with Crippen molar-refractivity contribution in [1.29, 1.82) is 0 Å². The van der Waals surface area contributed by atoms with Crippen LogP contribution in [0.4, 0.5) is 0 Å². The summed E-state index contributed by atoms with van der Waals surface area (Å²) in [6, 6.07) is 14.6. The van der Waals surface area contributed by atoms with Gasteiger partial charge in [0, 0.05) is 17.5 Å². The molecule has 0 fully saturated rings. The van der Waals surface area contributed by atoms with Crippen molar-refractivity contribution in [3.05, 3.63) is 65.2 Å². The van der Waals surface area contributed by atoms with E-state index in [0.717, 1.165) is 16.9 Å². The molecule has 2 N–H and O–H groups in total. The molecule has 0 spiro atoms. The first-order valence-electron chi connectivity index (χ1n) is 10.6. The predicted molar refractivity (Wildman–Crippen MR) is 119 cm³/mol. The second-order valence-electron chi connectivity index (χ2n) is 9.26. The number of carbonyl (C=O) groups excluding carboxylic acids is 2. The Kier molecular flexibility index (Phi) is 6.49. The van der Waals surface area contributed by atoms with E-state index in [2.05, 4.69) is 31.4 Å². The van der Waals surface area contributed by atoms with Crippen LogP contribution in [-0.2, 0) is 10.2 Å². The van der Waals surface area contributed by atoms with Crippen LogP contribution in [0.15, 0.2) is 48.5 Å². The molecule has 5 heteroatoms. The van der Waals surface area contributed by atoms with Gasteiger partial charge < -0.3 is 15.4 Å². The van der Waals surface area contributed by atoms with Gasteiger partial charge in [-0.25, -0.2) is 0 Å². The van der Waals surface area contributed by atoms with Crippen LogP contribution >= 0.6 is 0 Å². The maximum Gasteiger partial charge on any atom is 0.251 e. The zero-order chi connectivity index (χ0) is 21.9. The summed E-state index contributed by atoms with van der Waals surface area (Å²) in [5.74, 6) is 0.346. The summed E-state index contributed by atoms with van der Waals surface area (Å²) >= 11 is 0. The van der Waals surface area contributed by atoms with Gasteiger partial charge in [0.25, 0.3) is 5.91 Å². The van der Waals surface area contributed by atoms with Crippen LogP contribution in [-0.4, -0.2) is 24.5 Å². The summed E-state index contributed by atoms with van der Waals surface area (Å²) < 4.78 is 5.68. The highest BCUT2D eigenvalue weighted by atomic mass is 16.5. The lowest BCUT2D eigenvalue weighted by atomic mass is 9.86. The molecule has 0 radical (unpaired) electrons. The largest absolute Gasteiger partial charge is 0.493 e. The van der Waals surface area contributed by atoms with Gasteiger partial charge in [0.15, 0.2) is 0 Å². The van der Waals surface area contributed by atoms with E-state index in [4.69, 9.17) is 4.74 Å². The molecule has 30 heavy (non-hydrogen) atoms. The standard InChI is InChI=1S/C25H32N2O3/c1-16(2)22(27-23(28)17-10-12-18(13-11-17)25(3,4)5)24(29)26-20-14-15-30-21-9-7-6-8-19(20)21/h6-13,16,20,22H,14-15H2,1-5H3,(H,26,29)(H,27,28)/t20-,22-/m0/s1. The SMILES string of the molecule is CC(C)[C@H](NC(=O)c1ccc(C(C)(C)C)cc1)C(=O)N[C@H]1CCOc2ccccc21. The van der Waals surface area contributed by atoms with Crippen LogP contribution in [0.25, 0.3) is 0 Å². The van der Waals surface area contributed by atoms with Crippen molar-refractivity contribution in [1.82, 2.24) is 10.6 Å². The molecule has 2 aromatic carbocycles. The smallest absolute Gasteiger partial charge is 0.251 e. The van der Waals surface area contributed by atoms with E-state index in [9.17, 15) is 9.59 Å². The van der Waals surface area contributed by atoms with Gasteiger partial charge in [-0.15, -0.1) is 0 Å². The number of carbonyl (C=O) groups is 2. The van der Waals surface area contributed by atoms with E-state index in [-0.39, 0.29) is 29.2 Å². The van der Waals surface area contributed by atoms with Crippen LogP contribution in [0.1, 0.15) is 68.6 Å². The molecule has 0 aliphatic carbocycles. The number of hydrogen-bond acceptors (Lipinski definition) is 3. The minimum Gasteiger partial charge on any atom is -0.493 e. The summed E-state index contributed by atoms with van der Waals surface area (Å²) in [6.45, 7) is 10.8. The number of benzene rings is 2. The molecule has 0 unspecified atom stereocenters. The fraction of sp³-hybridized carbons (Fsp3) is 0.440. The maximum atomic E-state index is 13.0. The van der Waals surface area contributed by atoms with Gasteiger partial charge in [-0.3, -0.25) is 9.59 Å². The third-order valence-corrected chi connectivity index (χ3v) is 5.52. The van der Waals surface area contributed by atoms with Crippen molar-refractivity contribution in [3.63, 3.8) is 0 Å².